The Kier molecular flexibility index (Phi) is 6.76. The largest absolute Gasteiger partial charge is 0.378 e. The zero-order valence-electron chi connectivity index (χ0n) is 12.6. The van der Waals surface area contributed by atoms with Gasteiger partial charge in [0.25, 0.3) is 0 Å². The van der Waals surface area contributed by atoms with E-state index in [1.807, 2.05) is 4.90 Å². The molecule has 0 spiro atoms. The third-order valence-corrected chi connectivity index (χ3v) is 4.45. The van der Waals surface area contributed by atoms with E-state index in [0.29, 0.717) is 31.6 Å². The highest BCUT2D eigenvalue weighted by atomic mass is 16.5. The van der Waals surface area contributed by atoms with Gasteiger partial charge in [0.1, 0.15) is 0 Å². The Morgan fingerprint density at radius 1 is 1.20 bits per heavy atom. The fraction of sp³-hybridized carbons (Fsp3) is 0.933. The molecule has 0 radical (unpaired) electrons. The van der Waals surface area contributed by atoms with Crippen LogP contribution in [-0.4, -0.2) is 67.7 Å². The van der Waals surface area contributed by atoms with Crippen LogP contribution in [0.4, 0.5) is 0 Å². The number of likely N-dealkylation sites (tertiary alicyclic amines) is 1. The van der Waals surface area contributed by atoms with E-state index in [9.17, 15) is 4.79 Å². The highest BCUT2D eigenvalue weighted by molar-refractivity contribution is 5.76. The van der Waals surface area contributed by atoms with Crippen molar-refractivity contribution in [3.63, 3.8) is 0 Å². The van der Waals surface area contributed by atoms with Crippen LogP contribution < -0.4 is 5.73 Å². The zero-order valence-corrected chi connectivity index (χ0v) is 12.6. The topological polar surface area (TPSA) is 58.8 Å². The summed E-state index contributed by atoms with van der Waals surface area (Å²) in [5.41, 5.74) is 5.70. The van der Waals surface area contributed by atoms with Gasteiger partial charge in [0, 0.05) is 25.6 Å². The van der Waals surface area contributed by atoms with Gasteiger partial charge in [-0.25, -0.2) is 0 Å². The Labute approximate surface area is 122 Å². The number of rotatable bonds is 6. The first-order valence-corrected chi connectivity index (χ1v) is 8.11. The Morgan fingerprint density at radius 2 is 2.00 bits per heavy atom. The van der Waals surface area contributed by atoms with Crippen LogP contribution in [-0.2, 0) is 9.53 Å². The summed E-state index contributed by atoms with van der Waals surface area (Å²) < 4.78 is 5.28. The average molecular weight is 283 g/mol. The number of hydrogen-bond donors (Lipinski definition) is 1. The van der Waals surface area contributed by atoms with E-state index in [2.05, 4.69) is 4.90 Å². The van der Waals surface area contributed by atoms with Gasteiger partial charge in [-0.05, 0) is 45.3 Å². The van der Waals surface area contributed by atoms with Gasteiger partial charge < -0.3 is 20.3 Å². The van der Waals surface area contributed by atoms with E-state index in [1.165, 1.54) is 25.8 Å². The van der Waals surface area contributed by atoms with Crippen LogP contribution in [0.2, 0.25) is 0 Å². The molecule has 2 N–H and O–H groups in total. The zero-order chi connectivity index (χ0) is 14.2. The minimum absolute atomic E-state index is 0.292. The maximum atomic E-state index is 12.1. The van der Waals surface area contributed by atoms with Crippen LogP contribution >= 0.6 is 0 Å². The number of morpholine rings is 1. The second-order valence-electron chi connectivity index (χ2n) is 5.86. The molecule has 2 aliphatic heterocycles. The molecule has 0 aromatic rings. The molecule has 1 atom stereocenters. The van der Waals surface area contributed by atoms with Crippen molar-refractivity contribution >= 4 is 5.91 Å². The van der Waals surface area contributed by atoms with E-state index >= 15 is 0 Å². The second-order valence-corrected chi connectivity index (χ2v) is 5.86. The fourth-order valence-corrected chi connectivity index (χ4v) is 3.28. The fourth-order valence-electron chi connectivity index (χ4n) is 3.28. The molecule has 2 saturated heterocycles. The van der Waals surface area contributed by atoms with Gasteiger partial charge in [-0.1, -0.05) is 6.42 Å². The molecule has 20 heavy (non-hydrogen) atoms. The number of carbonyl (C=O) groups is 1. The van der Waals surface area contributed by atoms with Gasteiger partial charge in [-0.15, -0.1) is 0 Å². The predicted octanol–water partition coefficient (Wildman–Crippen LogP) is 0.829. The van der Waals surface area contributed by atoms with Crippen LogP contribution in [0, 0.1) is 0 Å². The Hall–Kier alpha value is -0.650. The van der Waals surface area contributed by atoms with E-state index in [-0.39, 0.29) is 0 Å². The number of amides is 1. The maximum absolute atomic E-state index is 12.1. The van der Waals surface area contributed by atoms with Gasteiger partial charge >= 0.3 is 0 Å². The molecule has 2 heterocycles. The predicted molar refractivity (Wildman–Crippen MR) is 79.5 cm³/mol. The number of nitrogens with zero attached hydrogens (tertiary/aromatic N) is 2. The number of ether oxygens (including phenoxy) is 1. The minimum Gasteiger partial charge on any atom is -0.378 e. The Bertz CT molecular complexity index is 291. The summed E-state index contributed by atoms with van der Waals surface area (Å²) in [6.07, 6.45) is 6.63. The molecule has 2 fully saturated rings. The molecule has 5 heteroatoms. The lowest BCUT2D eigenvalue weighted by Crippen LogP contribution is -2.42. The molecular weight excluding hydrogens is 254 g/mol. The van der Waals surface area contributed by atoms with Crippen molar-refractivity contribution in [2.24, 2.45) is 5.73 Å². The number of nitrogens with two attached hydrogens (primary N) is 1. The van der Waals surface area contributed by atoms with E-state index < -0.39 is 0 Å². The third kappa shape index (κ3) is 4.72. The standard InChI is InChI=1S/C15H29N3O2/c16-7-6-14-4-1-2-8-17(14)9-3-5-15(19)18-10-12-20-13-11-18/h14H,1-13,16H2. The first-order chi connectivity index (χ1) is 9.81. The average Bonchev–Trinajstić information content (AvgIpc) is 2.50. The molecule has 0 aromatic heterocycles. The molecule has 2 rings (SSSR count). The van der Waals surface area contributed by atoms with Crippen LogP contribution in [0.25, 0.3) is 0 Å². The molecular formula is C15H29N3O2. The number of carbonyl (C=O) groups excluding carboxylic acids is 1. The Balaban J connectivity index is 1.66. The molecule has 0 bridgehead atoms. The lowest BCUT2D eigenvalue weighted by Gasteiger charge is -2.35. The number of hydrogen-bond acceptors (Lipinski definition) is 4. The summed E-state index contributed by atoms with van der Waals surface area (Å²) in [5, 5.41) is 0. The third-order valence-electron chi connectivity index (χ3n) is 4.45. The van der Waals surface area contributed by atoms with Crippen molar-refractivity contribution in [1.82, 2.24) is 9.80 Å². The normalized spacial score (nSPS) is 24.9. The second kappa shape index (κ2) is 8.60. The number of piperidine rings is 1. The summed E-state index contributed by atoms with van der Waals surface area (Å²) in [4.78, 5) is 16.6. The van der Waals surface area contributed by atoms with E-state index in [1.54, 1.807) is 0 Å². The van der Waals surface area contributed by atoms with Crippen LogP contribution in [0.1, 0.15) is 38.5 Å². The maximum Gasteiger partial charge on any atom is 0.222 e. The molecule has 1 amide bonds. The van der Waals surface area contributed by atoms with Crippen LogP contribution in [0.15, 0.2) is 0 Å². The first kappa shape index (κ1) is 15.7. The van der Waals surface area contributed by atoms with E-state index in [4.69, 9.17) is 10.5 Å². The van der Waals surface area contributed by atoms with E-state index in [0.717, 1.165) is 39.0 Å². The van der Waals surface area contributed by atoms with Crippen molar-refractivity contribution < 1.29 is 9.53 Å². The van der Waals surface area contributed by atoms with Crippen molar-refractivity contribution in [3.05, 3.63) is 0 Å². The monoisotopic (exact) mass is 283 g/mol. The summed E-state index contributed by atoms with van der Waals surface area (Å²) in [7, 11) is 0. The van der Waals surface area contributed by atoms with Crippen LogP contribution in [0.5, 0.6) is 0 Å². The molecule has 0 saturated carbocycles. The molecule has 2 aliphatic rings. The molecule has 0 aromatic carbocycles. The highest BCUT2D eigenvalue weighted by Gasteiger charge is 2.22. The summed E-state index contributed by atoms with van der Waals surface area (Å²) in [6.45, 7) is 5.90. The van der Waals surface area contributed by atoms with Crippen molar-refractivity contribution in [3.8, 4) is 0 Å². The highest BCUT2D eigenvalue weighted by Crippen LogP contribution is 2.19. The summed E-state index contributed by atoms with van der Waals surface area (Å²) in [5.74, 6) is 0.292. The van der Waals surface area contributed by atoms with Crippen molar-refractivity contribution in [2.75, 3.05) is 45.9 Å². The molecule has 0 aliphatic carbocycles. The van der Waals surface area contributed by atoms with Gasteiger partial charge in [0.05, 0.1) is 13.2 Å². The van der Waals surface area contributed by atoms with Crippen molar-refractivity contribution in [2.45, 2.75) is 44.6 Å². The van der Waals surface area contributed by atoms with Gasteiger partial charge in [-0.2, -0.15) is 0 Å². The summed E-state index contributed by atoms with van der Waals surface area (Å²) >= 11 is 0. The van der Waals surface area contributed by atoms with Gasteiger partial charge in [0.2, 0.25) is 5.91 Å². The van der Waals surface area contributed by atoms with Crippen molar-refractivity contribution in [1.29, 1.82) is 0 Å². The minimum atomic E-state index is 0.292. The Morgan fingerprint density at radius 3 is 2.75 bits per heavy atom. The lowest BCUT2D eigenvalue weighted by molar-refractivity contribution is -0.135. The van der Waals surface area contributed by atoms with Gasteiger partial charge in [-0.3, -0.25) is 4.79 Å². The summed E-state index contributed by atoms with van der Waals surface area (Å²) in [6, 6.07) is 0.646. The SMILES string of the molecule is NCCC1CCCCN1CCCC(=O)N1CCOCC1. The molecule has 116 valence electrons. The lowest BCUT2D eigenvalue weighted by atomic mass is 9.99. The smallest absolute Gasteiger partial charge is 0.222 e. The van der Waals surface area contributed by atoms with Crippen LogP contribution in [0.3, 0.4) is 0 Å². The quantitative estimate of drug-likeness (QED) is 0.784. The molecule has 1 unspecified atom stereocenters. The van der Waals surface area contributed by atoms with Gasteiger partial charge in [0.15, 0.2) is 0 Å². The first-order valence-electron chi connectivity index (χ1n) is 8.11. The molecule has 5 nitrogen and oxygen atoms in total.